The third-order valence-corrected chi connectivity index (χ3v) is 4.85. The third-order valence-electron chi connectivity index (χ3n) is 3.23. The molecule has 2 aromatic rings. The quantitative estimate of drug-likeness (QED) is 0.340. The lowest BCUT2D eigenvalue weighted by atomic mass is 10.2. The van der Waals surface area contributed by atoms with Crippen LogP contribution in [0.1, 0.15) is 10.4 Å². The predicted molar refractivity (Wildman–Crippen MR) is 114 cm³/mol. The Bertz CT molecular complexity index is 666. The van der Waals surface area contributed by atoms with Gasteiger partial charge in [-0.15, -0.1) is 35.3 Å². The zero-order valence-electron chi connectivity index (χ0n) is 13.8. The predicted octanol–water partition coefficient (Wildman–Crippen LogP) is 4.01. The standard InChI is InChI=1S/C16H20BrN3O2S.HI/c1-18-16(20-10-12-5-4-6-23-12)19-9-11-7-14(21-2)15(22-3)8-13(11)17;/h4-8H,9-10H2,1-3H3,(H2,18,19,20);1H. The molecule has 0 radical (unpaired) electrons. The molecule has 0 atom stereocenters. The number of rotatable bonds is 6. The molecule has 0 aliphatic heterocycles. The molecule has 0 fully saturated rings. The number of guanidine groups is 1. The van der Waals surface area contributed by atoms with Crippen molar-refractivity contribution in [1.82, 2.24) is 10.6 Å². The van der Waals surface area contributed by atoms with Crippen LogP contribution >= 0.6 is 51.2 Å². The van der Waals surface area contributed by atoms with Crippen LogP contribution in [0.2, 0.25) is 0 Å². The number of methoxy groups -OCH3 is 2. The van der Waals surface area contributed by atoms with Crippen molar-refractivity contribution in [2.24, 2.45) is 4.99 Å². The lowest BCUT2D eigenvalue weighted by Gasteiger charge is -2.14. The van der Waals surface area contributed by atoms with Crippen LogP contribution in [0, 0.1) is 0 Å². The molecule has 0 unspecified atom stereocenters. The van der Waals surface area contributed by atoms with E-state index in [4.69, 9.17) is 9.47 Å². The summed E-state index contributed by atoms with van der Waals surface area (Å²) in [4.78, 5) is 5.50. The number of thiophene rings is 1. The minimum atomic E-state index is 0. The van der Waals surface area contributed by atoms with Crippen molar-refractivity contribution in [3.05, 3.63) is 44.6 Å². The molecule has 132 valence electrons. The second-order valence-corrected chi connectivity index (χ2v) is 6.54. The van der Waals surface area contributed by atoms with Gasteiger partial charge in [0.05, 0.1) is 20.8 Å². The van der Waals surface area contributed by atoms with Crippen LogP contribution in [-0.2, 0) is 13.1 Å². The summed E-state index contributed by atoms with van der Waals surface area (Å²) in [5, 5.41) is 8.65. The van der Waals surface area contributed by atoms with Crippen molar-refractivity contribution >= 4 is 57.2 Å². The Morgan fingerprint density at radius 1 is 1.17 bits per heavy atom. The number of nitrogens with zero attached hydrogens (tertiary/aromatic N) is 1. The highest BCUT2D eigenvalue weighted by molar-refractivity contribution is 14.0. The summed E-state index contributed by atoms with van der Waals surface area (Å²) in [5.41, 5.74) is 1.06. The van der Waals surface area contributed by atoms with Crippen LogP contribution < -0.4 is 20.1 Å². The largest absolute Gasteiger partial charge is 0.493 e. The van der Waals surface area contributed by atoms with Gasteiger partial charge in [0.15, 0.2) is 17.5 Å². The number of hydrogen-bond acceptors (Lipinski definition) is 4. The van der Waals surface area contributed by atoms with Gasteiger partial charge in [-0.1, -0.05) is 22.0 Å². The molecule has 0 bridgehead atoms. The molecule has 0 spiro atoms. The summed E-state index contributed by atoms with van der Waals surface area (Å²) in [6.07, 6.45) is 0. The average Bonchev–Trinajstić information content (AvgIpc) is 3.09. The highest BCUT2D eigenvalue weighted by Gasteiger charge is 2.10. The summed E-state index contributed by atoms with van der Waals surface area (Å²) >= 11 is 5.28. The molecule has 2 N–H and O–H groups in total. The summed E-state index contributed by atoms with van der Waals surface area (Å²) in [7, 11) is 5.01. The fourth-order valence-corrected chi connectivity index (χ4v) is 3.12. The Labute approximate surface area is 172 Å². The number of nitrogens with one attached hydrogen (secondary N) is 2. The number of ether oxygens (including phenoxy) is 2. The Balaban J connectivity index is 0.00000288. The molecule has 24 heavy (non-hydrogen) atoms. The topological polar surface area (TPSA) is 54.9 Å². The smallest absolute Gasteiger partial charge is 0.191 e. The van der Waals surface area contributed by atoms with E-state index in [-0.39, 0.29) is 24.0 Å². The lowest BCUT2D eigenvalue weighted by Crippen LogP contribution is -2.36. The van der Waals surface area contributed by atoms with Crippen LogP contribution in [0.25, 0.3) is 0 Å². The van der Waals surface area contributed by atoms with Gasteiger partial charge >= 0.3 is 0 Å². The number of benzene rings is 1. The monoisotopic (exact) mass is 525 g/mol. The van der Waals surface area contributed by atoms with Crippen LogP contribution in [0.15, 0.2) is 39.1 Å². The lowest BCUT2D eigenvalue weighted by molar-refractivity contribution is 0.354. The van der Waals surface area contributed by atoms with Gasteiger partial charge in [0.2, 0.25) is 0 Å². The highest BCUT2D eigenvalue weighted by atomic mass is 127. The van der Waals surface area contributed by atoms with Crippen LogP contribution in [-0.4, -0.2) is 27.2 Å². The first-order chi connectivity index (χ1) is 11.2. The van der Waals surface area contributed by atoms with Gasteiger partial charge in [0, 0.05) is 22.9 Å². The van der Waals surface area contributed by atoms with E-state index in [1.807, 2.05) is 18.2 Å². The minimum absolute atomic E-state index is 0. The van der Waals surface area contributed by atoms with E-state index in [0.29, 0.717) is 18.0 Å². The Kier molecular flexibility index (Phi) is 9.45. The van der Waals surface area contributed by atoms with E-state index in [9.17, 15) is 0 Å². The maximum Gasteiger partial charge on any atom is 0.191 e. The van der Waals surface area contributed by atoms with Crippen LogP contribution in [0.3, 0.4) is 0 Å². The Morgan fingerprint density at radius 2 is 1.83 bits per heavy atom. The molecule has 0 aliphatic rings. The second kappa shape index (κ2) is 10.8. The van der Waals surface area contributed by atoms with E-state index < -0.39 is 0 Å². The Morgan fingerprint density at radius 3 is 2.42 bits per heavy atom. The molecule has 8 heteroatoms. The molecule has 2 rings (SSSR count). The van der Waals surface area contributed by atoms with Crippen molar-refractivity contribution in [1.29, 1.82) is 0 Å². The number of hydrogen-bond donors (Lipinski definition) is 2. The van der Waals surface area contributed by atoms with Crippen molar-refractivity contribution in [2.45, 2.75) is 13.1 Å². The molecule has 1 aromatic heterocycles. The fourth-order valence-electron chi connectivity index (χ4n) is 2.02. The van der Waals surface area contributed by atoms with Crippen molar-refractivity contribution in [3.63, 3.8) is 0 Å². The molecular formula is C16H21BrIN3O2S. The molecular weight excluding hydrogens is 505 g/mol. The van der Waals surface area contributed by atoms with Gasteiger partial charge in [0.1, 0.15) is 0 Å². The van der Waals surface area contributed by atoms with E-state index in [2.05, 4.69) is 43.0 Å². The maximum absolute atomic E-state index is 5.34. The molecule has 0 aliphatic carbocycles. The first-order valence-corrected chi connectivity index (χ1v) is 8.72. The molecule has 1 heterocycles. The van der Waals surface area contributed by atoms with Crippen molar-refractivity contribution in [3.8, 4) is 11.5 Å². The molecule has 0 saturated heterocycles. The number of halogens is 2. The normalized spacial score (nSPS) is 10.8. The van der Waals surface area contributed by atoms with E-state index in [1.165, 1.54) is 4.88 Å². The van der Waals surface area contributed by atoms with E-state index in [0.717, 1.165) is 22.5 Å². The summed E-state index contributed by atoms with van der Waals surface area (Å²) < 4.78 is 11.6. The van der Waals surface area contributed by atoms with E-state index in [1.54, 1.807) is 32.6 Å². The minimum Gasteiger partial charge on any atom is -0.493 e. The SMILES string of the molecule is CN=C(NCc1cccs1)NCc1cc(OC)c(OC)cc1Br.I. The van der Waals surface area contributed by atoms with Crippen molar-refractivity contribution in [2.75, 3.05) is 21.3 Å². The highest BCUT2D eigenvalue weighted by Crippen LogP contribution is 2.33. The molecule has 5 nitrogen and oxygen atoms in total. The molecule has 0 amide bonds. The summed E-state index contributed by atoms with van der Waals surface area (Å²) in [6.45, 7) is 1.37. The summed E-state index contributed by atoms with van der Waals surface area (Å²) in [6, 6.07) is 7.98. The van der Waals surface area contributed by atoms with E-state index >= 15 is 0 Å². The van der Waals surface area contributed by atoms with Gasteiger partial charge in [0.25, 0.3) is 0 Å². The van der Waals surface area contributed by atoms with Gasteiger partial charge < -0.3 is 20.1 Å². The van der Waals surface area contributed by atoms with Gasteiger partial charge in [-0.25, -0.2) is 0 Å². The fraction of sp³-hybridized carbons (Fsp3) is 0.312. The second-order valence-electron chi connectivity index (χ2n) is 4.66. The van der Waals surface area contributed by atoms with Crippen LogP contribution in [0.5, 0.6) is 11.5 Å². The third kappa shape index (κ3) is 5.82. The molecule has 0 saturated carbocycles. The zero-order chi connectivity index (χ0) is 16.7. The number of aliphatic imine (C=N–C) groups is 1. The first-order valence-electron chi connectivity index (χ1n) is 7.05. The maximum atomic E-state index is 5.34. The van der Waals surface area contributed by atoms with Crippen LogP contribution in [0.4, 0.5) is 0 Å². The van der Waals surface area contributed by atoms with Gasteiger partial charge in [-0.2, -0.15) is 0 Å². The first kappa shape index (κ1) is 21.0. The van der Waals surface area contributed by atoms with Gasteiger partial charge in [-0.3, -0.25) is 4.99 Å². The summed E-state index contributed by atoms with van der Waals surface area (Å²) in [5.74, 6) is 2.15. The average molecular weight is 526 g/mol. The van der Waals surface area contributed by atoms with Gasteiger partial charge in [-0.05, 0) is 29.1 Å². The Hall–Kier alpha value is -1.00. The zero-order valence-corrected chi connectivity index (χ0v) is 18.5. The van der Waals surface area contributed by atoms with Crippen molar-refractivity contribution < 1.29 is 9.47 Å². The molecule has 1 aromatic carbocycles.